The molecule has 9 heteroatoms. The number of hydrogen-bond acceptors (Lipinski definition) is 6. The molecule has 5 rings (SSSR count). The average molecular weight is 543 g/mol. The minimum Gasteiger partial charge on any atom is -0.354 e. The number of carbonyl (C=O) groups excluding carboxylic acids is 1. The van der Waals surface area contributed by atoms with Crippen LogP contribution in [-0.2, 0) is 10.0 Å². The molecule has 0 unspecified atom stereocenters. The number of fused-ring (bicyclic) bond motifs is 2. The number of rotatable bonds is 6. The first-order valence-corrected chi connectivity index (χ1v) is 14.2. The predicted octanol–water partition coefficient (Wildman–Crippen LogP) is 6.47. The molecule has 0 radical (unpaired) electrons. The molecule has 3 N–H and O–H groups in total. The molecule has 7 nitrogen and oxygen atoms in total. The Morgan fingerprint density at radius 1 is 0.842 bits per heavy atom. The largest absolute Gasteiger partial charge is 0.354 e. The van der Waals surface area contributed by atoms with Crippen molar-refractivity contribution in [3.05, 3.63) is 107 Å². The topological polar surface area (TPSA) is 99.7 Å². The number of hydrazone groups is 1. The predicted molar refractivity (Wildman–Crippen MR) is 153 cm³/mol. The molecule has 4 aromatic carbocycles. The number of aryl methyl sites for hydroxylation is 2. The summed E-state index contributed by atoms with van der Waals surface area (Å²) in [4.78, 5) is 15.1. The van der Waals surface area contributed by atoms with Crippen LogP contribution < -0.4 is 15.5 Å². The molecule has 4 aromatic rings. The number of sulfonamides is 1. The van der Waals surface area contributed by atoms with Crippen LogP contribution in [0.5, 0.6) is 0 Å². The van der Waals surface area contributed by atoms with E-state index in [1.807, 2.05) is 62.4 Å². The molecular formula is C29H26N4O3S2. The molecule has 1 aliphatic heterocycles. The summed E-state index contributed by atoms with van der Waals surface area (Å²) < 4.78 is 28.6. The molecule has 1 aliphatic rings. The summed E-state index contributed by atoms with van der Waals surface area (Å²) in [6.07, 6.45) is 0. The van der Waals surface area contributed by atoms with Crippen molar-refractivity contribution in [3.8, 4) is 0 Å². The zero-order valence-corrected chi connectivity index (χ0v) is 22.7. The van der Waals surface area contributed by atoms with Crippen LogP contribution in [-0.4, -0.2) is 20.0 Å². The number of hydrogen-bond donors (Lipinski definition) is 3. The van der Waals surface area contributed by atoms with E-state index in [0.29, 0.717) is 11.4 Å². The van der Waals surface area contributed by atoms with E-state index >= 15 is 0 Å². The van der Waals surface area contributed by atoms with Gasteiger partial charge in [-0.3, -0.25) is 9.52 Å². The second kappa shape index (κ2) is 10.4. The summed E-state index contributed by atoms with van der Waals surface area (Å²) >= 11 is 1.70. The number of amides is 1. The number of nitrogens with zero attached hydrogens (tertiary/aromatic N) is 1. The Balaban J connectivity index is 1.30. The molecule has 0 spiro atoms. The van der Waals surface area contributed by atoms with Crippen LogP contribution in [0.3, 0.4) is 0 Å². The van der Waals surface area contributed by atoms with Gasteiger partial charge in [0.05, 0.1) is 27.7 Å². The third-order valence-electron chi connectivity index (χ3n) is 6.13. The zero-order valence-electron chi connectivity index (χ0n) is 21.1. The Morgan fingerprint density at radius 2 is 1.63 bits per heavy atom. The second-order valence-corrected chi connectivity index (χ2v) is 11.8. The van der Waals surface area contributed by atoms with Crippen molar-refractivity contribution in [2.24, 2.45) is 5.10 Å². The minimum absolute atomic E-state index is 0.00984. The molecular weight excluding hydrogens is 516 g/mol. The van der Waals surface area contributed by atoms with Gasteiger partial charge < -0.3 is 5.32 Å². The van der Waals surface area contributed by atoms with E-state index in [9.17, 15) is 13.2 Å². The van der Waals surface area contributed by atoms with E-state index in [1.54, 1.807) is 30.8 Å². The summed E-state index contributed by atoms with van der Waals surface area (Å²) in [5.41, 5.74) is 8.56. The van der Waals surface area contributed by atoms with Crippen LogP contribution in [0.15, 0.2) is 105 Å². The second-order valence-electron chi connectivity index (χ2n) is 9.02. The maximum Gasteiger partial charge on any atom is 0.271 e. The lowest BCUT2D eigenvalue weighted by Crippen LogP contribution is -2.20. The number of para-hydroxylation sites is 1. The van der Waals surface area contributed by atoms with Gasteiger partial charge in [-0.05, 0) is 80.4 Å². The van der Waals surface area contributed by atoms with Gasteiger partial charge in [0, 0.05) is 15.4 Å². The summed E-state index contributed by atoms with van der Waals surface area (Å²) in [5.74, 6) is -0.506. The Labute approximate surface area is 226 Å². The molecule has 0 saturated heterocycles. The van der Waals surface area contributed by atoms with Crippen molar-refractivity contribution in [2.75, 3.05) is 10.0 Å². The molecule has 0 aliphatic carbocycles. The standard InChI is InChI=1S/C29H26N4O3S2/c1-18-11-13-24(19(2)15-18)33-38(35,36)23-8-6-7-22(16-23)29(34)32-31-20(3)21-12-14-28-26(17-21)30-25-9-4-5-10-27(25)37-28/h4-17,30,33H,1-3H3,(H,32,34). The van der Waals surface area contributed by atoms with E-state index in [1.165, 1.54) is 23.1 Å². The summed E-state index contributed by atoms with van der Waals surface area (Å²) in [6, 6.07) is 25.4. The maximum atomic E-state index is 13.0. The summed E-state index contributed by atoms with van der Waals surface area (Å²) in [6.45, 7) is 5.59. The lowest BCUT2D eigenvalue weighted by Gasteiger charge is -2.21. The first-order valence-electron chi connectivity index (χ1n) is 11.9. The molecule has 0 bridgehead atoms. The molecule has 192 valence electrons. The molecule has 0 saturated carbocycles. The number of nitrogens with one attached hydrogen (secondary N) is 3. The Bertz CT molecular complexity index is 1700. The van der Waals surface area contributed by atoms with Crippen LogP contribution in [0.25, 0.3) is 0 Å². The number of anilines is 3. The minimum atomic E-state index is -3.88. The van der Waals surface area contributed by atoms with Gasteiger partial charge in [0.1, 0.15) is 0 Å². The molecule has 0 fully saturated rings. The summed E-state index contributed by atoms with van der Waals surface area (Å²) in [7, 11) is -3.88. The fourth-order valence-corrected chi connectivity index (χ4v) is 6.21. The van der Waals surface area contributed by atoms with Gasteiger partial charge in [-0.2, -0.15) is 5.10 Å². The third-order valence-corrected chi connectivity index (χ3v) is 8.65. The first kappa shape index (κ1) is 25.6. The van der Waals surface area contributed by atoms with Crippen LogP contribution >= 0.6 is 11.8 Å². The SMILES string of the molecule is CC(=NNC(=O)c1cccc(S(=O)(=O)Nc2ccc(C)cc2C)c1)c1ccc2c(c1)Nc1ccccc1S2. The fourth-order valence-electron chi connectivity index (χ4n) is 4.06. The number of benzene rings is 4. The van der Waals surface area contributed by atoms with Crippen molar-refractivity contribution in [2.45, 2.75) is 35.5 Å². The van der Waals surface area contributed by atoms with Gasteiger partial charge in [-0.25, -0.2) is 13.8 Å². The van der Waals surface area contributed by atoms with Crippen LogP contribution in [0.2, 0.25) is 0 Å². The first-order chi connectivity index (χ1) is 18.2. The normalized spacial score (nSPS) is 12.7. The molecule has 0 aromatic heterocycles. The van der Waals surface area contributed by atoms with Gasteiger partial charge >= 0.3 is 0 Å². The lowest BCUT2D eigenvalue weighted by atomic mass is 10.1. The highest BCUT2D eigenvalue weighted by atomic mass is 32.2. The van der Waals surface area contributed by atoms with Crippen molar-refractivity contribution < 1.29 is 13.2 Å². The molecule has 1 heterocycles. The monoisotopic (exact) mass is 542 g/mol. The lowest BCUT2D eigenvalue weighted by molar-refractivity contribution is 0.0954. The van der Waals surface area contributed by atoms with E-state index in [4.69, 9.17) is 0 Å². The highest BCUT2D eigenvalue weighted by Crippen LogP contribution is 2.44. The highest BCUT2D eigenvalue weighted by molar-refractivity contribution is 7.99. The zero-order chi connectivity index (χ0) is 26.9. The summed E-state index contributed by atoms with van der Waals surface area (Å²) in [5, 5.41) is 7.71. The molecule has 0 atom stereocenters. The van der Waals surface area contributed by atoms with E-state index < -0.39 is 15.9 Å². The van der Waals surface area contributed by atoms with Gasteiger partial charge in [0.25, 0.3) is 15.9 Å². The third kappa shape index (κ3) is 5.44. The van der Waals surface area contributed by atoms with Crippen molar-refractivity contribution in [3.63, 3.8) is 0 Å². The Morgan fingerprint density at radius 3 is 2.45 bits per heavy atom. The Hall–Kier alpha value is -4.08. The maximum absolute atomic E-state index is 13.0. The van der Waals surface area contributed by atoms with Crippen molar-refractivity contribution in [1.29, 1.82) is 0 Å². The van der Waals surface area contributed by atoms with Gasteiger partial charge in [-0.15, -0.1) is 0 Å². The number of carbonyl (C=O) groups is 1. The molecule has 1 amide bonds. The van der Waals surface area contributed by atoms with Crippen LogP contribution in [0, 0.1) is 13.8 Å². The molecule has 38 heavy (non-hydrogen) atoms. The van der Waals surface area contributed by atoms with Gasteiger partial charge in [-0.1, -0.05) is 53.7 Å². The van der Waals surface area contributed by atoms with Crippen molar-refractivity contribution >= 4 is 50.5 Å². The van der Waals surface area contributed by atoms with Gasteiger partial charge in [0.15, 0.2) is 0 Å². The van der Waals surface area contributed by atoms with Crippen LogP contribution in [0.1, 0.15) is 34.0 Å². The van der Waals surface area contributed by atoms with Crippen LogP contribution in [0.4, 0.5) is 17.1 Å². The van der Waals surface area contributed by atoms with E-state index in [-0.39, 0.29) is 10.5 Å². The quantitative estimate of drug-likeness (QED) is 0.169. The van der Waals surface area contributed by atoms with Gasteiger partial charge in [0.2, 0.25) is 0 Å². The average Bonchev–Trinajstić information content (AvgIpc) is 2.91. The Kier molecular flexibility index (Phi) is 6.96. The highest BCUT2D eigenvalue weighted by Gasteiger charge is 2.18. The van der Waals surface area contributed by atoms with Crippen molar-refractivity contribution in [1.82, 2.24) is 5.43 Å². The van der Waals surface area contributed by atoms with E-state index in [0.717, 1.165) is 33.0 Å². The fraction of sp³-hybridized carbons (Fsp3) is 0.103. The smallest absolute Gasteiger partial charge is 0.271 e. The van der Waals surface area contributed by atoms with E-state index in [2.05, 4.69) is 26.6 Å².